The molecule has 0 bridgehead atoms. The van der Waals surface area contributed by atoms with Gasteiger partial charge in [-0.25, -0.2) is 4.79 Å². The van der Waals surface area contributed by atoms with Crippen LogP contribution in [-0.2, 0) is 14.0 Å². The Morgan fingerprint density at radius 3 is 2.25 bits per heavy atom. The van der Waals surface area contributed by atoms with E-state index in [-0.39, 0.29) is 0 Å². The summed E-state index contributed by atoms with van der Waals surface area (Å²) in [5.74, 6) is -0.478. The van der Waals surface area contributed by atoms with Crippen molar-refractivity contribution in [3.8, 4) is 0 Å². The number of hydrogen-bond acceptors (Lipinski definition) is 4. The summed E-state index contributed by atoms with van der Waals surface area (Å²) in [4.78, 5) is 11.7. The molecule has 0 atom stereocenters. The lowest BCUT2D eigenvalue weighted by molar-refractivity contribution is 0.00578. The minimum Gasteiger partial charge on any atom is -0.465 e. The van der Waals surface area contributed by atoms with Gasteiger partial charge in [0.05, 0.1) is 28.9 Å². The Morgan fingerprint density at radius 2 is 1.75 bits per heavy atom. The summed E-state index contributed by atoms with van der Waals surface area (Å²) >= 11 is 6.29. The molecule has 1 saturated heterocycles. The van der Waals surface area contributed by atoms with E-state index in [0.717, 1.165) is 0 Å². The Balaban J connectivity index is 2.39. The van der Waals surface area contributed by atoms with Crippen LogP contribution >= 0.6 is 11.6 Å². The molecular formula is C14H18BClO4. The average Bonchev–Trinajstić information content (AvgIpc) is 2.57. The largest absolute Gasteiger partial charge is 0.496 e. The highest BCUT2D eigenvalue weighted by Crippen LogP contribution is 2.37. The first-order chi connectivity index (χ1) is 9.19. The molecule has 2 rings (SSSR count). The third-order valence-corrected chi connectivity index (χ3v) is 4.36. The van der Waals surface area contributed by atoms with E-state index in [4.69, 9.17) is 25.6 Å². The van der Waals surface area contributed by atoms with Crippen molar-refractivity contribution in [3.63, 3.8) is 0 Å². The molecule has 0 aliphatic carbocycles. The monoisotopic (exact) mass is 296 g/mol. The van der Waals surface area contributed by atoms with Gasteiger partial charge in [0.2, 0.25) is 0 Å². The van der Waals surface area contributed by atoms with Gasteiger partial charge in [-0.05, 0) is 33.8 Å². The Hall–Kier alpha value is -1.04. The van der Waals surface area contributed by atoms with Crippen molar-refractivity contribution in [1.29, 1.82) is 0 Å². The van der Waals surface area contributed by atoms with E-state index in [1.807, 2.05) is 27.7 Å². The molecule has 0 saturated carbocycles. The van der Waals surface area contributed by atoms with E-state index >= 15 is 0 Å². The van der Waals surface area contributed by atoms with Crippen molar-refractivity contribution in [1.82, 2.24) is 0 Å². The van der Waals surface area contributed by atoms with Gasteiger partial charge in [-0.2, -0.15) is 0 Å². The fourth-order valence-electron chi connectivity index (χ4n) is 1.97. The first kappa shape index (κ1) is 15.4. The predicted octanol–water partition coefficient (Wildman–Crippen LogP) is 2.43. The van der Waals surface area contributed by atoms with Crippen LogP contribution in [0, 0.1) is 0 Å². The van der Waals surface area contributed by atoms with E-state index in [0.29, 0.717) is 16.0 Å². The van der Waals surface area contributed by atoms with Crippen molar-refractivity contribution in [3.05, 3.63) is 28.8 Å². The quantitative estimate of drug-likeness (QED) is 0.621. The van der Waals surface area contributed by atoms with Gasteiger partial charge in [-0.15, -0.1) is 0 Å². The zero-order valence-electron chi connectivity index (χ0n) is 12.3. The highest BCUT2D eigenvalue weighted by molar-refractivity contribution is 6.66. The second-order valence-corrected chi connectivity index (χ2v) is 6.17. The van der Waals surface area contributed by atoms with Gasteiger partial charge in [-0.3, -0.25) is 0 Å². The zero-order valence-corrected chi connectivity index (χ0v) is 13.1. The Bertz CT molecular complexity index is 526. The van der Waals surface area contributed by atoms with Crippen LogP contribution in [0.2, 0.25) is 5.02 Å². The zero-order chi connectivity index (χ0) is 15.1. The number of benzene rings is 1. The molecule has 1 aromatic rings. The number of halogens is 1. The van der Waals surface area contributed by atoms with Gasteiger partial charge in [0.1, 0.15) is 0 Å². The van der Waals surface area contributed by atoms with Crippen LogP contribution in [0.25, 0.3) is 0 Å². The summed E-state index contributed by atoms with van der Waals surface area (Å²) in [6.07, 6.45) is 0. The fraction of sp³-hybridized carbons (Fsp3) is 0.500. The molecule has 20 heavy (non-hydrogen) atoms. The second-order valence-electron chi connectivity index (χ2n) is 5.79. The topological polar surface area (TPSA) is 44.8 Å². The molecule has 1 aliphatic heterocycles. The Morgan fingerprint density at radius 1 is 1.20 bits per heavy atom. The maximum Gasteiger partial charge on any atom is 0.496 e. The summed E-state index contributed by atoms with van der Waals surface area (Å²) in [7, 11) is 0.720. The van der Waals surface area contributed by atoms with Gasteiger partial charge in [0.25, 0.3) is 0 Å². The number of carbonyl (C=O) groups excluding carboxylic acids is 1. The summed E-state index contributed by atoms with van der Waals surface area (Å²) in [5, 5.41) is 0.304. The Labute approximate surface area is 124 Å². The van der Waals surface area contributed by atoms with Crippen LogP contribution in [0.5, 0.6) is 0 Å². The molecule has 0 amide bonds. The number of esters is 1. The van der Waals surface area contributed by atoms with Crippen molar-refractivity contribution in [2.45, 2.75) is 38.9 Å². The lowest BCUT2D eigenvalue weighted by Crippen LogP contribution is -2.41. The van der Waals surface area contributed by atoms with E-state index in [9.17, 15) is 4.79 Å². The van der Waals surface area contributed by atoms with Crippen LogP contribution in [0.3, 0.4) is 0 Å². The first-order valence-electron chi connectivity index (χ1n) is 6.42. The standard InChI is InChI=1S/C14H18BClO4/c1-13(2)14(3,4)20-15(19-13)10-8-6-7-9(11(10)16)12(17)18-5/h6-8H,1-5H3. The molecule has 1 aromatic carbocycles. The molecule has 1 aliphatic rings. The fourth-order valence-corrected chi connectivity index (χ4v) is 2.26. The summed E-state index contributed by atoms with van der Waals surface area (Å²) in [6, 6.07) is 5.14. The van der Waals surface area contributed by atoms with Crippen molar-refractivity contribution >= 4 is 30.2 Å². The molecule has 1 heterocycles. The molecule has 0 unspecified atom stereocenters. The van der Waals surface area contributed by atoms with Crippen LogP contribution in [0.4, 0.5) is 0 Å². The van der Waals surface area contributed by atoms with Crippen molar-refractivity contribution in [2.24, 2.45) is 0 Å². The van der Waals surface area contributed by atoms with Crippen molar-refractivity contribution < 1.29 is 18.8 Å². The Kier molecular flexibility index (Phi) is 3.89. The lowest BCUT2D eigenvalue weighted by atomic mass is 9.78. The SMILES string of the molecule is COC(=O)c1cccc(B2OC(C)(C)C(C)(C)O2)c1Cl. The normalized spacial score (nSPS) is 20.0. The molecule has 0 spiro atoms. The number of ether oxygens (including phenoxy) is 1. The van der Waals surface area contributed by atoms with Crippen LogP contribution in [0.15, 0.2) is 18.2 Å². The second kappa shape index (κ2) is 5.06. The predicted molar refractivity (Wildman–Crippen MR) is 78.5 cm³/mol. The maximum absolute atomic E-state index is 11.7. The summed E-state index contributed by atoms with van der Waals surface area (Å²) < 4.78 is 16.6. The van der Waals surface area contributed by atoms with E-state index in [2.05, 4.69) is 0 Å². The van der Waals surface area contributed by atoms with E-state index < -0.39 is 24.3 Å². The first-order valence-corrected chi connectivity index (χ1v) is 6.80. The van der Waals surface area contributed by atoms with Gasteiger partial charge in [0.15, 0.2) is 0 Å². The van der Waals surface area contributed by atoms with Crippen molar-refractivity contribution in [2.75, 3.05) is 7.11 Å². The highest BCUT2D eigenvalue weighted by Gasteiger charge is 2.52. The molecule has 4 nitrogen and oxygen atoms in total. The van der Waals surface area contributed by atoms with Crippen LogP contribution in [-0.4, -0.2) is 31.4 Å². The van der Waals surface area contributed by atoms with Crippen LogP contribution < -0.4 is 5.46 Å². The molecule has 0 N–H and O–H groups in total. The summed E-state index contributed by atoms with van der Waals surface area (Å²) in [5.41, 5.74) is 0.0273. The van der Waals surface area contributed by atoms with Gasteiger partial charge in [0, 0.05) is 5.46 Å². The molecule has 0 radical (unpaired) electrons. The minimum atomic E-state index is -0.600. The van der Waals surface area contributed by atoms with E-state index in [1.165, 1.54) is 7.11 Å². The minimum absolute atomic E-state index is 0.304. The van der Waals surface area contributed by atoms with Crippen LogP contribution in [0.1, 0.15) is 38.1 Å². The average molecular weight is 297 g/mol. The van der Waals surface area contributed by atoms with Gasteiger partial charge < -0.3 is 14.0 Å². The molecule has 6 heteroatoms. The smallest absolute Gasteiger partial charge is 0.465 e. The third kappa shape index (κ3) is 2.46. The number of methoxy groups -OCH3 is 1. The van der Waals surface area contributed by atoms with Gasteiger partial charge >= 0.3 is 13.1 Å². The third-order valence-electron chi connectivity index (χ3n) is 3.94. The number of hydrogen-bond donors (Lipinski definition) is 0. The summed E-state index contributed by atoms with van der Waals surface area (Å²) in [6.45, 7) is 7.85. The maximum atomic E-state index is 11.7. The highest BCUT2D eigenvalue weighted by atomic mass is 35.5. The molecule has 0 aromatic heterocycles. The molecule has 108 valence electrons. The van der Waals surface area contributed by atoms with E-state index in [1.54, 1.807) is 18.2 Å². The molecular weight excluding hydrogens is 278 g/mol. The number of rotatable bonds is 2. The number of carbonyl (C=O) groups is 1. The lowest BCUT2D eigenvalue weighted by Gasteiger charge is -2.32. The molecule has 1 fully saturated rings. The van der Waals surface area contributed by atoms with Gasteiger partial charge in [-0.1, -0.05) is 23.7 Å².